The monoisotopic (exact) mass is 373 g/mol. The first kappa shape index (κ1) is 15.7. The SMILES string of the molecule is CCc1ccc(CNS(=O)(=O)c2cc(Br)sc2C)cc1. The molecule has 0 spiro atoms. The molecule has 6 heteroatoms. The number of benzene rings is 1. The number of thiophene rings is 1. The first-order valence-electron chi connectivity index (χ1n) is 6.26. The van der Waals surface area contributed by atoms with Gasteiger partial charge in [0.1, 0.15) is 0 Å². The molecule has 108 valence electrons. The Bertz CT molecular complexity index is 690. The molecule has 0 saturated heterocycles. The fourth-order valence-corrected chi connectivity index (χ4v) is 5.28. The lowest BCUT2D eigenvalue weighted by molar-refractivity contribution is 0.581. The highest BCUT2D eigenvalue weighted by atomic mass is 79.9. The van der Waals surface area contributed by atoms with Crippen LogP contribution < -0.4 is 4.72 Å². The number of aryl methyl sites for hydroxylation is 2. The predicted molar refractivity (Wildman–Crippen MR) is 86.6 cm³/mol. The molecule has 0 saturated carbocycles. The normalized spacial score (nSPS) is 11.8. The van der Waals surface area contributed by atoms with E-state index in [2.05, 4.69) is 27.6 Å². The van der Waals surface area contributed by atoms with E-state index >= 15 is 0 Å². The predicted octanol–water partition coefficient (Wildman–Crippen LogP) is 3.86. The number of rotatable bonds is 5. The molecule has 0 bridgehead atoms. The molecule has 0 atom stereocenters. The molecule has 1 heterocycles. The second-order valence-corrected chi connectivity index (χ2v) is 8.84. The molecule has 0 aliphatic heterocycles. The Morgan fingerprint density at radius 2 is 1.80 bits per heavy atom. The zero-order chi connectivity index (χ0) is 14.8. The van der Waals surface area contributed by atoms with Gasteiger partial charge >= 0.3 is 0 Å². The minimum atomic E-state index is -3.45. The zero-order valence-electron chi connectivity index (χ0n) is 11.3. The summed E-state index contributed by atoms with van der Waals surface area (Å²) >= 11 is 4.73. The molecular weight excluding hydrogens is 358 g/mol. The Balaban J connectivity index is 2.11. The van der Waals surface area contributed by atoms with Crippen LogP contribution in [0.15, 0.2) is 39.0 Å². The van der Waals surface area contributed by atoms with Crippen molar-refractivity contribution in [1.29, 1.82) is 0 Å². The Labute approximate surface area is 132 Å². The van der Waals surface area contributed by atoms with Crippen LogP contribution in [0.5, 0.6) is 0 Å². The first-order chi connectivity index (χ1) is 9.42. The highest BCUT2D eigenvalue weighted by molar-refractivity contribution is 9.11. The Hall–Kier alpha value is -0.690. The third-order valence-corrected chi connectivity index (χ3v) is 6.24. The molecule has 2 rings (SSSR count). The molecule has 0 aliphatic rings. The van der Waals surface area contributed by atoms with Gasteiger partial charge < -0.3 is 0 Å². The van der Waals surface area contributed by atoms with Crippen LogP contribution in [0.1, 0.15) is 22.9 Å². The van der Waals surface area contributed by atoms with Gasteiger partial charge in [-0.25, -0.2) is 13.1 Å². The van der Waals surface area contributed by atoms with Crippen LogP contribution in [0.4, 0.5) is 0 Å². The van der Waals surface area contributed by atoms with Gasteiger partial charge in [0, 0.05) is 11.4 Å². The number of nitrogens with one attached hydrogen (secondary N) is 1. The summed E-state index contributed by atoms with van der Waals surface area (Å²) < 4.78 is 27.9. The molecule has 0 radical (unpaired) electrons. The van der Waals surface area contributed by atoms with Gasteiger partial charge in [-0.2, -0.15) is 0 Å². The summed E-state index contributed by atoms with van der Waals surface area (Å²) in [7, 11) is -3.45. The molecule has 20 heavy (non-hydrogen) atoms. The van der Waals surface area contributed by atoms with E-state index in [0.29, 0.717) is 11.4 Å². The van der Waals surface area contributed by atoms with Crippen LogP contribution >= 0.6 is 27.3 Å². The fraction of sp³-hybridized carbons (Fsp3) is 0.286. The lowest BCUT2D eigenvalue weighted by Crippen LogP contribution is -2.23. The van der Waals surface area contributed by atoms with Gasteiger partial charge in [0.2, 0.25) is 10.0 Å². The quantitative estimate of drug-likeness (QED) is 0.864. The number of halogens is 1. The molecule has 0 amide bonds. The van der Waals surface area contributed by atoms with Crippen LogP contribution in [0.2, 0.25) is 0 Å². The van der Waals surface area contributed by atoms with Crippen LogP contribution in [-0.2, 0) is 23.0 Å². The topological polar surface area (TPSA) is 46.2 Å². The van der Waals surface area contributed by atoms with Gasteiger partial charge in [0.05, 0.1) is 8.68 Å². The molecule has 3 nitrogen and oxygen atoms in total. The molecular formula is C14H16BrNO2S2. The average molecular weight is 374 g/mol. The Kier molecular flexibility index (Phi) is 5.01. The van der Waals surface area contributed by atoms with E-state index in [1.165, 1.54) is 16.9 Å². The van der Waals surface area contributed by atoms with E-state index < -0.39 is 10.0 Å². The van der Waals surface area contributed by atoms with Crippen molar-refractivity contribution >= 4 is 37.3 Å². The van der Waals surface area contributed by atoms with Crippen molar-refractivity contribution < 1.29 is 8.42 Å². The number of hydrogen-bond acceptors (Lipinski definition) is 3. The fourth-order valence-electron chi connectivity index (χ4n) is 1.85. The van der Waals surface area contributed by atoms with Crippen molar-refractivity contribution in [2.24, 2.45) is 0 Å². The largest absolute Gasteiger partial charge is 0.242 e. The van der Waals surface area contributed by atoms with Gasteiger partial charge in [0.25, 0.3) is 0 Å². The summed E-state index contributed by atoms with van der Waals surface area (Å²) in [5.41, 5.74) is 2.20. The summed E-state index contributed by atoms with van der Waals surface area (Å²) in [5, 5.41) is 0. The van der Waals surface area contributed by atoms with Crippen molar-refractivity contribution in [1.82, 2.24) is 4.72 Å². The van der Waals surface area contributed by atoms with Crippen LogP contribution in [0.3, 0.4) is 0 Å². The van der Waals surface area contributed by atoms with E-state index in [1.54, 1.807) is 13.0 Å². The van der Waals surface area contributed by atoms with Crippen LogP contribution in [0.25, 0.3) is 0 Å². The molecule has 0 fully saturated rings. The molecule has 2 aromatic rings. The average Bonchev–Trinajstić information content (AvgIpc) is 2.77. The number of sulfonamides is 1. The minimum absolute atomic E-state index is 0.305. The van der Waals surface area contributed by atoms with Gasteiger partial charge in [-0.15, -0.1) is 11.3 Å². The van der Waals surface area contributed by atoms with Crippen molar-refractivity contribution in [2.45, 2.75) is 31.7 Å². The summed E-state index contributed by atoms with van der Waals surface area (Å²) in [6.07, 6.45) is 0.980. The van der Waals surface area contributed by atoms with Crippen molar-refractivity contribution in [3.63, 3.8) is 0 Å². The highest BCUT2D eigenvalue weighted by Crippen LogP contribution is 2.29. The van der Waals surface area contributed by atoms with Crippen molar-refractivity contribution in [3.8, 4) is 0 Å². The summed E-state index contributed by atoms with van der Waals surface area (Å²) in [4.78, 5) is 1.13. The second-order valence-electron chi connectivity index (χ2n) is 4.47. The third-order valence-electron chi connectivity index (χ3n) is 3.03. The lowest BCUT2D eigenvalue weighted by atomic mass is 10.1. The molecule has 1 aromatic carbocycles. The zero-order valence-corrected chi connectivity index (χ0v) is 14.5. The lowest BCUT2D eigenvalue weighted by Gasteiger charge is -2.07. The Morgan fingerprint density at radius 3 is 2.30 bits per heavy atom. The summed E-state index contributed by atoms with van der Waals surface area (Å²) in [6, 6.07) is 9.60. The van der Waals surface area contributed by atoms with Crippen LogP contribution in [-0.4, -0.2) is 8.42 Å². The smallest absolute Gasteiger partial charge is 0.207 e. The maximum atomic E-state index is 12.2. The van der Waals surface area contributed by atoms with Gasteiger partial charge in [0.15, 0.2) is 0 Å². The molecule has 1 aromatic heterocycles. The van der Waals surface area contributed by atoms with Gasteiger partial charge in [-0.3, -0.25) is 0 Å². The Morgan fingerprint density at radius 1 is 1.20 bits per heavy atom. The minimum Gasteiger partial charge on any atom is -0.207 e. The van der Waals surface area contributed by atoms with E-state index in [1.807, 2.05) is 24.3 Å². The van der Waals surface area contributed by atoms with E-state index in [9.17, 15) is 8.42 Å². The van der Waals surface area contributed by atoms with Crippen molar-refractivity contribution in [2.75, 3.05) is 0 Å². The second kappa shape index (κ2) is 6.39. The standard InChI is InChI=1S/C14H16BrNO2S2/c1-3-11-4-6-12(7-5-11)9-16-20(17,18)13-8-14(15)19-10(13)2/h4-8,16H,3,9H2,1-2H3. The summed E-state index contributed by atoms with van der Waals surface area (Å²) in [5.74, 6) is 0. The highest BCUT2D eigenvalue weighted by Gasteiger charge is 2.19. The summed E-state index contributed by atoms with van der Waals surface area (Å²) in [6.45, 7) is 4.20. The van der Waals surface area contributed by atoms with E-state index in [0.717, 1.165) is 20.6 Å². The molecule has 1 N–H and O–H groups in total. The number of hydrogen-bond donors (Lipinski definition) is 1. The van der Waals surface area contributed by atoms with E-state index in [4.69, 9.17) is 0 Å². The first-order valence-corrected chi connectivity index (χ1v) is 9.35. The maximum absolute atomic E-state index is 12.2. The molecule has 0 unspecified atom stereocenters. The third kappa shape index (κ3) is 3.69. The van der Waals surface area contributed by atoms with E-state index in [-0.39, 0.29) is 0 Å². The molecule has 0 aliphatic carbocycles. The maximum Gasteiger partial charge on any atom is 0.242 e. The van der Waals surface area contributed by atoms with Crippen LogP contribution in [0, 0.1) is 6.92 Å². The van der Waals surface area contributed by atoms with Crippen molar-refractivity contribution in [3.05, 3.63) is 50.1 Å². The van der Waals surface area contributed by atoms with Gasteiger partial charge in [-0.05, 0) is 46.5 Å². The van der Waals surface area contributed by atoms with Gasteiger partial charge in [-0.1, -0.05) is 31.2 Å².